The minimum Gasteiger partial charge on any atom is -0.381 e. The zero-order valence-corrected chi connectivity index (χ0v) is 11.7. The van der Waals surface area contributed by atoms with E-state index in [0.29, 0.717) is 25.6 Å². The summed E-state index contributed by atoms with van der Waals surface area (Å²) in [7, 11) is 0. The number of amides is 1. The molecule has 0 aliphatic rings. The number of hydrogen-bond acceptors (Lipinski definition) is 3. The van der Waals surface area contributed by atoms with E-state index in [1.807, 2.05) is 13.8 Å². The molecule has 17 heavy (non-hydrogen) atoms. The first-order valence-corrected chi connectivity index (χ1v) is 6.54. The predicted molar refractivity (Wildman–Crippen MR) is 70.7 cm³/mol. The van der Waals surface area contributed by atoms with Crippen LogP contribution in [-0.2, 0) is 9.53 Å². The second-order valence-corrected chi connectivity index (χ2v) is 5.20. The molecule has 102 valence electrons. The summed E-state index contributed by atoms with van der Waals surface area (Å²) >= 11 is 0. The minimum atomic E-state index is -0.0772. The van der Waals surface area contributed by atoms with E-state index in [-0.39, 0.29) is 17.7 Å². The molecule has 0 heterocycles. The summed E-state index contributed by atoms with van der Waals surface area (Å²) in [6, 6.07) is 0. The number of hydrogen-bond donors (Lipinski definition) is 2. The molecule has 0 rings (SSSR count). The zero-order valence-electron chi connectivity index (χ0n) is 11.7. The van der Waals surface area contributed by atoms with Crippen molar-refractivity contribution in [3.05, 3.63) is 0 Å². The monoisotopic (exact) mass is 244 g/mol. The first kappa shape index (κ1) is 16.4. The van der Waals surface area contributed by atoms with Gasteiger partial charge in [-0.25, -0.2) is 0 Å². The Labute approximate surface area is 105 Å². The SMILES string of the molecule is CC(C)COCCCNC(=O)C(CN)C(C)C. The van der Waals surface area contributed by atoms with Gasteiger partial charge < -0.3 is 15.8 Å². The van der Waals surface area contributed by atoms with Gasteiger partial charge in [0.2, 0.25) is 5.91 Å². The van der Waals surface area contributed by atoms with Gasteiger partial charge in [-0.2, -0.15) is 0 Å². The maximum Gasteiger partial charge on any atom is 0.224 e. The summed E-state index contributed by atoms with van der Waals surface area (Å²) in [4.78, 5) is 11.7. The fourth-order valence-corrected chi connectivity index (χ4v) is 1.52. The normalized spacial score (nSPS) is 13.1. The Morgan fingerprint density at radius 1 is 1.29 bits per heavy atom. The van der Waals surface area contributed by atoms with Crippen molar-refractivity contribution < 1.29 is 9.53 Å². The Kier molecular flexibility index (Phi) is 9.09. The number of ether oxygens (including phenoxy) is 1. The third-order valence-corrected chi connectivity index (χ3v) is 2.61. The van der Waals surface area contributed by atoms with E-state index in [4.69, 9.17) is 10.5 Å². The quantitative estimate of drug-likeness (QED) is 0.603. The Balaban J connectivity index is 3.57. The van der Waals surface area contributed by atoms with E-state index in [2.05, 4.69) is 19.2 Å². The molecule has 3 N–H and O–H groups in total. The van der Waals surface area contributed by atoms with E-state index in [1.54, 1.807) is 0 Å². The molecule has 4 heteroatoms. The van der Waals surface area contributed by atoms with Gasteiger partial charge in [0.05, 0.1) is 5.92 Å². The van der Waals surface area contributed by atoms with Crippen LogP contribution in [0, 0.1) is 17.8 Å². The second kappa shape index (κ2) is 9.42. The minimum absolute atomic E-state index is 0.0614. The molecule has 0 saturated heterocycles. The van der Waals surface area contributed by atoms with Crippen molar-refractivity contribution in [2.45, 2.75) is 34.1 Å². The molecule has 0 aromatic carbocycles. The van der Waals surface area contributed by atoms with Gasteiger partial charge in [-0.1, -0.05) is 27.7 Å². The van der Waals surface area contributed by atoms with Crippen LogP contribution in [0.3, 0.4) is 0 Å². The van der Waals surface area contributed by atoms with Gasteiger partial charge in [0.15, 0.2) is 0 Å². The van der Waals surface area contributed by atoms with Crippen LogP contribution in [-0.4, -0.2) is 32.2 Å². The number of carbonyl (C=O) groups excluding carboxylic acids is 1. The molecule has 4 nitrogen and oxygen atoms in total. The Bertz CT molecular complexity index is 206. The highest BCUT2D eigenvalue weighted by atomic mass is 16.5. The standard InChI is InChI=1S/C13H28N2O2/c1-10(2)9-17-7-5-6-15-13(16)12(8-14)11(3)4/h10-12H,5-9,14H2,1-4H3,(H,15,16). The molecule has 0 aliphatic heterocycles. The molecule has 1 atom stereocenters. The predicted octanol–water partition coefficient (Wildman–Crippen LogP) is 1.40. The van der Waals surface area contributed by atoms with E-state index in [1.165, 1.54) is 0 Å². The van der Waals surface area contributed by atoms with E-state index in [9.17, 15) is 4.79 Å². The molecule has 0 fully saturated rings. The molecule has 0 aliphatic carbocycles. The van der Waals surface area contributed by atoms with Gasteiger partial charge in [0.1, 0.15) is 0 Å². The fraction of sp³-hybridized carbons (Fsp3) is 0.923. The molecule has 0 aromatic rings. The smallest absolute Gasteiger partial charge is 0.224 e. The van der Waals surface area contributed by atoms with Crippen LogP contribution in [0.15, 0.2) is 0 Å². The van der Waals surface area contributed by atoms with Gasteiger partial charge in [-0.15, -0.1) is 0 Å². The average molecular weight is 244 g/mol. The molecule has 0 saturated carbocycles. The summed E-state index contributed by atoms with van der Waals surface area (Å²) in [6.07, 6.45) is 0.855. The van der Waals surface area contributed by atoms with Gasteiger partial charge in [-0.3, -0.25) is 4.79 Å². The Hall–Kier alpha value is -0.610. The highest BCUT2D eigenvalue weighted by Crippen LogP contribution is 2.08. The third-order valence-electron chi connectivity index (χ3n) is 2.61. The topological polar surface area (TPSA) is 64.3 Å². The number of nitrogens with one attached hydrogen (secondary N) is 1. The molecular weight excluding hydrogens is 216 g/mol. The largest absolute Gasteiger partial charge is 0.381 e. The lowest BCUT2D eigenvalue weighted by atomic mass is 9.95. The van der Waals surface area contributed by atoms with Crippen LogP contribution < -0.4 is 11.1 Å². The summed E-state index contributed by atoms with van der Waals surface area (Å²) in [5.74, 6) is 0.835. The van der Waals surface area contributed by atoms with Gasteiger partial charge in [0.25, 0.3) is 0 Å². The van der Waals surface area contributed by atoms with Crippen molar-refractivity contribution in [1.29, 1.82) is 0 Å². The van der Waals surface area contributed by atoms with Crippen LogP contribution in [0.5, 0.6) is 0 Å². The summed E-state index contributed by atoms with van der Waals surface area (Å²) in [5, 5.41) is 2.90. The van der Waals surface area contributed by atoms with Crippen molar-refractivity contribution in [3.8, 4) is 0 Å². The summed E-state index contributed by atoms with van der Waals surface area (Å²) in [6.45, 7) is 10.8. The first-order valence-electron chi connectivity index (χ1n) is 6.54. The average Bonchev–Trinajstić information content (AvgIpc) is 2.23. The Morgan fingerprint density at radius 3 is 2.41 bits per heavy atom. The molecular formula is C13H28N2O2. The number of rotatable bonds is 9. The van der Waals surface area contributed by atoms with E-state index in [0.717, 1.165) is 13.0 Å². The van der Waals surface area contributed by atoms with E-state index < -0.39 is 0 Å². The van der Waals surface area contributed by atoms with Crippen molar-refractivity contribution in [3.63, 3.8) is 0 Å². The van der Waals surface area contributed by atoms with Gasteiger partial charge in [0, 0.05) is 26.3 Å². The highest BCUT2D eigenvalue weighted by molar-refractivity contribution is 5.79. The van der Waals surface area contributed by atoms with Crippen LogP contribution in [0.4, 0.5) is 0 Å². The lowest BCUT2D eigenvalue weighted by Gasteiger charge is -2.18. The van der Waals surface area contributed by atoms with Gasteiger partial charge in [-0.05, 0) is 18.3 Å². The van der Waals surface area contributed by atoms with Crippen LogP contribution >= 0.6 is 0 Å². The van der Waals surface area contributed by atoms with Crippen LogP contribution in [0.2, 0.25) is 0 Å². The third kappa shape index (κ3) is 8.16. The lowest BCUT2D eigenvalue weighted by Crippen LogP contribution is -2.38. The van der Waals surface area contributed by atoms with Crippen molar-refractivity contribution in [2.24, 2.45) is 23.5 Å². The van der Waals surface area contributed by atoms with Gasteiger partial charge >= 0.3 is 0 Å². The molecule has 0 radical (unpaired) electrons. The first-order chi connectivity index (χ1) is 7.99. The van der Waals surface area contributed by atoms with Crippen molar-refractivity contribution >= 4 is 5.91 Å². The summed E-state index contributed by atoms with van der Waals surface area (Å²) in [5.41, 5.74) is 5.57. The molecule has 1 amide bonds. The molecule has 0 aromatic heterocycles. The van der Waals surface area contributed by atoms with Crippen LogP contribution in [0.25, 0.3) is 0 Å². The number of nitrogens with two attached hydrogens (primary N) is 1. The zero-order chi connectivity index (χ0) is 13.3. The maximum absolute atomic E-state index is 11.7. The summed E-state index contributed by atoms with van der Waals surface area (Å²) < 4.78 is 5.44. The number of carbonyl (C=O) groups is 1. The highest BCUT2D eigenvalue weighted by Gasteiger charge is 2.19. The van der Waals surface area contributed by atoms with Crippen molar-refractivity contribution in [1.82, 2.24) is 5.32 Å². The lowest BCUT2D eigenvalue weighted by molar-refractivity contribution is -0.126. The second-order valence-electron chi connectivity index (χ2n) is 5.20. The van der Waals surface area contributed by atoms with E-state index >= 15 is 0 Å². The maximum atomic E-state index is 11.7. The molecule has 1 unspecified atom stereocenters. The van der Waals surface area contributed by atoms with Crippen LogP contribution in [0.1, 0.15) is 34.1 Å². The molecule has 0 bridgehead atoms. The Morgan fingerprint density at radius 2 is 1.94 bits per heavy atom. The van der Waals surface area contributed by atoms with Crippen molar-refractivity contribution in [2.75, 3.05) is 26.3 Å². The fourth-order valence-electron chi connectivity index (χ4n) is 1.52. The molecule has 0 spiro atoms.